The fourth-order valence-corrected chi connectivity index (χ4v) is 3.55. The standard InChI is InChI=1S/C17H14FN3O2S/c18-13-4-1-3-11(7-13)17-19-16(20-23-17)12-8-15(22)21(9-12)10-14-5-2-6-24-14/h1-7,12H,8-10H2. The number of benzene rings is 1. The second-order valence-corrected chi connectivity index (χ2v) is 6.75. The number of thiophene rings is 1. The average molecular weight is 343 g/mol. The van der Waals surface area contributed by atoms with Crippen LogP contribution >= 0.6 is 11.3 Å². The van der Waals surface area contributed by atoms with Gasteiger partial charge in [-0.05, 0) is 29.6 Å². The first-order chi connectivity index (χ1) is 11.7. The Bertz CT molecular complexity index is 862. The first kappa shape index (κ1) is 15.0. The van der Waals surface area contributed by atoms with Crippen molar-refractivity contribution in [2.45, 2.75) is 18.9 Å². The predicted octanol–water partition coefficient (Wildman–Crippen LogP) is 3.45. The van der Waals surface area contributed by atoms with Gasteiger partial charge in [-0.25, -0.2) is 4.39 Å². The summed E-state index contributed by atoms with van der Waals surface area (Å²) in [7, 11) is 0. The third-order valence-corrected chi connectivity index (χ3v) is 4.88. The molecule has 0 spiro atoms. The van der Waals surface area contributed by atoms with Gasteiger partial charge < -0.3 is 9.42 Å². The van der Waals surface area contributed by atoms with E-state index >= 15 is 0 Å². The molecule has 1 fully saturated rings. The molecule has 0 radical (unpaired) electrons. The number of carbonyl (C=O) groups excluding carboxylic acids is 1. The van der Waals surface area contributed by atoms with E-state index < -0.39 is 0 Å². The number of aromatic nitrogens is 2. The van der Waals surface area contributed by atoms with Crippen molar-refractivity contribution in [1.29, 1.82) is 0 Å². The lowest BCUT2D eigenvalue weighted by Gasteiger charge is -2.14. The Morgan fingerprint density at radius 1 is 1.33 bits per heavy atom. The highest BCUT2D eigenvalue weighted by Crippen LogP contribution is 2.29. The van der Waals surface area contributed by atoms with Gasteiger partial charge in [-0.1, -0.05) is 17.3 Å². The topological polar surface area (TPSA) is 59.2 Å². The number of rotatable bonds is 4. The molecule has 3 aromatic rings. The maximum Gasteiger partial charge on any atom is 0.258 e. The van der Waals surface area contributed by atoms with E-state index in [0.29, 0.717) is 30.9 Å². The molecule has 3 heterocycles. The van der Waals surface area contributed by atoms with Crippen molar-refractivity contribution >= 4 is 17.2 Å². The second-order valence-electron chi connectivity index (χ2n) is 5.72. The summed E-state index contributed by atoms with van der Waals surface area (Å²) in [5, 5.41) is 5.98. The minimum atomic E-state index is -0.356. The van der Waals surface area contributed by atoms with Gasteiger partial charge in [0.25, 0.3) is 5.89 Å². The number of hydrogen-bond donors (Lipinski definition) is 0. The molecular formula is C17H14FN3O2S. The van der Waals surface area contributed by atoms with Crippen LogP contribution in [0.1, 0.15) is 23.0 Å². The van der Waals surface area contributed by atoms with Crippen molar-refractivity contribution in [2.75, 3.05) is 6.54 Å². The Kier molecular flexibility index (Phi) is 3.86. The molecule has 1 saturated heterocycles. The highest BCUT2D eigenvalue weighted by Gasteiger charge is 2.33. The summed E-state index contributed by atoms with van der Waals surface area (Å²) in [5.74, 6) is 0.407. The van der Waals surface area contributed by atoms with Crippen molar-refractivity contribution in [3.8, 4) is 11.5 Å². The first-order valence-corrected chi connectivity index (χ1v) is 8.47. The van der Waals surface area contributed by atoms with Crippen LogP contribution in [-0.2, 0) is 11.3 Å². The molecule has 0 saturated carbocycles. The number of hydrogen-bond acceptors (Lipinski definition) is 5. The largest absolute Gasteiger partial charge is 0.337 e. The molecular weight excluding hydrogens is 329 g/mol. The van der Waals surface area contributed by atoms with E-state index in [1.54, 1.807) is 23.5 Å². The highest BCUT2D eigenvalue weighted by molar-refractivity contribution is 7.09. The number of carbonyl (C=O) groups is 1. The third-order valence-electron chi connectivity index (χ3n) is 4.02. The minimum Gasteiger partial charge on any atom is -0.337 e. The van der Waals surface area contributed by atoms with E-state index in [9.17, 15) is 9.18 Å². The normalized spacial score (nSPS) is 17.6. The summed E-state index contributed by atoms with van der Waals surface area (Å²) in [6.07, 6.45) is 0.369. The predicted molar refractivity (Wildman–Crippen MR) is 86.8 cm³/mol. The molecule has 24 heavy (non-hydrogen) atoms. The third kappa shape index (κ3) is 2.94. The molecule has 0 N–H and O–H groups in total. The number of halogens is 1. The lowest BCUT2D eigenvalue weighted by Crippen LogP contribution is -2.23. The van der Waals surface area contributed by atoms with E-state index in [2.05, 4.69) is 10.1 Å². The monoisotopic (exact) mass is 343 g/mol. The molecule has 4 rings (SSSR count). The maximum absolute atomic E-state index is 13.3. The number of nitrogens with zero attached hydrogens (tertiary/aromatic N) is 3. The van der Waals surface area contributed by atoms with Gasteiger partial charge in [-0.2, -0.15) is 4.98 Å². The lowest BCUT2D eigenvalue weighted by atomic mass is 10.1. The zero-order chi connectivity index (χ0) is 16.5. The van der Waals surface area contributed by atoms with Gasteiger partial charge in [-0.15, -0.1) is 11.3 Å². The van der Waals surface area contributed by atoms with Crippen LogP contribution in [0.25, 0.3) is 11.5 Å². The minimum absolute atomic E-state index is 0.0884. The molecule has 5 nitrogen and oxygen atoms in total. The summed E-state index contributed by atoms with van der Waals surface area (Å²) in [6.45, 7) is 1.18. The van der Waals surface area contributed by atoms with Crippen molar-refractivity contribution in [3.63, 3.8) is 0 Å². The van der Waals surface area contributed by atoms with Gasteiger partial charge in [0.05, 0.1) is 6.54 Å². The van der Waals surface area contributed by atoms with E-state index in [1.807, 2.05) is 22.4 Å². The molecule has 1 amide bonds. The lowest BCUT2D eigenvalue weighted by molar-refractivity contribution is -0.128. The van der Waals surface area contributed by atoms with E-state index in [1.165, 1.54) is 12.1 Å². The maximum atomic E-state index is 13.3. The molecule has 0 bridgehead atoms. The summed E-state index contributed by atoms with van der Waals surface area (Å²) in [5.41, 5.74) is 0.536. The van der Waals surface area contributed by atoms with Gasteiger partial charge in [0.1, 0.15) is 5.82 Å². The van der Waals surface area contributed by atoms with Crippen molar-refractivity contribution in [1.82, 2.24) is 15.0 Å². The fourth-order valence-electron chi connectivity index (χ4n) is 2.83. The van der Waals surface area contributed by atoms with Crippen molar-refractivity contribution in [3.05, 3.63) is 58.3 Å². The fraction of sp³-hybridized carbons (Fsp3) is 0.235. The van der Waals surface area contributed by atoms with E-state index in [-0.39, 0.29) is 23.5 Å². The Balaban J connectivity index is 1.50. The summed E-state index contributed by atoms with van der Waals surface area (Å²) >= 11 is 1.63. The van der Waals surface area contributed by atoms with Gasteiger partial charge >= 0.3 is 0 Å². The Labute approximate surface area is 141 Å². The molecule has 2 aromatic heterocycles. The molecule has 122 valence electrons. The van der Waals surface area contributed by atoms with Gasteiger partial charge in [0.15, 0.2) is 5.82 Å². The second kappa shape index (κ2) is 6.16. The summed E-state index contributed by atoms with van der Waals surface area (Å²) < 4.78 is 18.5. The van der Waals surface area contributed by atoms with Crippen LogP contribution in [0.4, 0.5) is 4.39 Å². The Morgan fingerprint density at radius 2 is 2.25 bits per heavy atom. The molecule has 7 heteroatoms. The Morgan fingerprint density at radius 3 is 3.04 bits per heavy atom. The Hall–Kier alpha value is -2.54. The highest BCUT2D eigenvalue weighted by atomic mass is 32.1. The van der Waals surface area contributed by atoms with Crippen LogP contribution in [0.5, 0.6) is 0 Å². The van der Waals surface area contributed by atoms with Crippen LogP contribution in [-0.4, -0.2) is 27.5 Å². The van der Waals surface area contributed by atoms with Crippen LogP contribution in [0.3, 0.4) is 0 Å². The smallest absolute Gasteiger partial charge is 0.258 e. The summed E-state index contributed by atoms with van der Waals surface area (Å²) in [6, 6.07) is 10.0. The molecule has 1 aliphatic heterocycles. The number of likely N-dealkylation sites (tertiary alicyclic amines) is 1. The van der Waals surface area contributed by atoms with Crippen molar-refractivity contribution in [2.24, 2.45) is 0 Å². The van der Waals surface area contributed by atoms with Crippen LogP contribution in [0, 0.1) is 5.82 Å². The van der Waals surface area contributed by atoms with Gasteiger partial charge in [-0.3, -0.25) is 4.79 Å². The zero-order valence-electron chi connectivity index (χ0n) is 12.7. The van der Waals surface area contributed by atoms with E-state index in [4.69, 9.17) is 4.52 Å². The van der Waals surface area contributed by atoms with E-state index in [0.717, 1.165) is 4.88 Å². The van der Waals surface area contributed by atoms with Gasteiger partial charge in [0.2, 0.25) is 5.91 Å². The molecule has 0 aliphatic carbocycles. The molecule has 1 aromatic carbocycles. The SMILES string of the molecule is O=C1CC(c2noc(-c3cccc(F)c3)n2)CN1Cc1cccs1. The quantitative estimate of drug-likeness (QED) is 0.728. The van der Waals surface area contributed by atoms with Crippen molar-refractivity contribution < 1.29 is 13.7 Å². The van der Waals surface area contributed by atoms with Gasteiger partial charge in [0, 0.05) is 29.3 Å². The molecule has 1 atom stereocenters. The molecule has 1 aliphatic rings. The number of amides is 1. The van der Waals surface area contributed by atoms with Crippen LogP contribution in [0.2, 0.25) is 0 Å². The van der Waals surface area contributed by atoms with Crippen LogP contribution in [0.15, 0.2) is 46.3 Å². The zero-order valence-corrected chi connectivity index (χ0v) is 13.5. The molecule has 1 unspecified atom stereocenters. The van der Waals surface area contributed by atoms with Crippen LogP contribution < -0.4 is 0 Å². The first-order valence-electron chi connectivity index (χ1n) is 7.59. The summed E-state index contributed by atoms with van der Waals surface area (Å²) in [4.78, 5) is 19.5. The average Bonchev–Trinajstić information content (AvgIpc) is 3.30.